The first kappa shape index (κ1) is 21.9. The van der Waals surface area contributed by atoms with Crippen molar-refractivity contribution >= 4 is 20.9 Å². The number of hydrogen-bond donors (Lipinski definition) is 1. The molecule has 0 fully saturated rings. The standard InChI is InChI=1S/C19H19F3N2O5S/c1-30(26,27)11-9-23-8-10-24-16-12-14(4-7-17(16)28-18(24)25)13-2-5-15(6-3-13)29-19(20,21)22/h2-7,12,23H,8-11H2,1H3. The van der Waals surface area contributed by atoms with Crippen LogP contribution in [0, 0.1) is 0 Å². The molecule has 0 atom stereocenters. The summed E-state index contributed by atoms with van der Waals surface area (Å²) in [5, 5.41) is 2.96. The van der Waals surface area contributed by atoms with Gasteiger partial charge in [0.25, 0.3) is 0 Å². The van der Waals surface area contributed by atoms with Gasteiger partial charge in [0.15, 0.2) is 5.58 Å². The molecule has 30 heavy (non-hydrogen) atoms. The summed E-state index contributed by atoms with van der Waals surface area (Å²) in [5.74, 6) is -0.889. The minimum Gasteiger partial charge on any atom is -0.408 e. The number of nitrogens with zero attached hydrogens (tertiary/aromatic N) is 1. The van der Waals surface area contributed by atoms with Gasteiger partial charge < -0.3 is 14.5 Å². The highest BCUT2D eigenvalue weighted by Crippen LogP contribution is 2.28. The summed E-state index contributed by atoms with van der Waals surface area (Å²) in [6.45, 7) is 0.885. The Bertz CT molecular complexity index is 1180. The first-order chi connectivity index (χ1) is 14.0. The van der Waals surface area contributed by atoms with Gasteiger partial charge in [-0.2, -0.15) is 0 Å². The summed E-state index contributed by atoms with van der Waals surface area (Å²) in [6.07, 6.45) is -3.62. The molecule has 0 aliphatic heterocycles. The van der Waals surface area contributed by atoms with E-state index < -0.39 is 22.0 Å². The summed E-state index contributed by atoms with van der Waals surface area (Å²) >= 11 is 0. The van der Waals surface area contributed by atoms with Gasteiger partial charge in [0, 0.05) is 25.9 Å². The zero-order valence-corrected chi connectivity index (χ0v) is 16.7. The molecule has 11 heteroatoms. The van der Waals surface area contributed by atoms with Crippen molar-refractivity contribution in [2.45, 2.75) is 12.9 Å². The highest BCUT2D eigenvalue weighted by molar-refractivity contribution is 7.90. The van der Waals surface area contributed by atoms with Crippen LogP contribution in [-0.2, 0) is 16.4 Å². The minimum absolute atomic E-state index is 0.00771. The fraction of sp³-hybridized carbons (Fsp3) is 0.316. The Labute approximate surface area is 170 Å². The van der Waals surface area contributed by atoms with Crippen molar-refractivity contribution in [2.24, 2.45) is 0 Å². The van der Waals surface area contributed by atoms with Crippen LogP contribution >= 0.6 is 0 Å². The van der Waals surface area contributed by atoms with Crippen LogP contribution in [0.1, 0.15) is 0 Å². The number of halogens is 3. The molecule has 0 spiro atoms. The van der Waals surface area contributed by atoms with Crippen molar-refractivity contribution in [2.75, 3.05) is 25.1 Å². The summed E-state index contributed by atoms with van der Waals surface area (Å²) in [4.78, 5) is 12.1. The van der Waals surface area contributed by atoms with Crippen LogP contribution in [0.4, 0.5) is 13.2 Å². The molecule has 0 bridgehead atoms. The van der Waals surface area contributed by atoms with Gasteiger partial charge in [0.2, 0.25) is 0 Å². The van der Waals surface area contributed by atoms with Crippen molar-refractivity contribution in [3.05, 3.63) is 53.0 Å². The Morgan fingerprint density at radius 1 is 1.07 bits per heavy atom. The lowest BCUT2D eigenvalue weighted by Gasteiger charge is -2.09. The third kappa shape index (κ3) is 5.86. The molecule has 0 amide bonds. The molecule has 1 N–H and O–H groups in total. The van der Waals surface area contributed by atoms with Crippen molar-refractivity contribution < 1.29 is 30.7 Å². The molecule has 0 saturated heterocycles. The van der Waals surface area contributed by atoms with Gasteiger partial charge in [0.05, 0.1) is 11.3 Å². The van der Waals surface area contributed by atoms with Crippen molar-refractivity contribution in [1.29, 1.82) is 0 Å². The number of rotatable bonds is 8. The fourth-order valence-corrected chi connectivity index (χ4v) is 3.39. The molecule has 7 nitrogen and oxygen atoms in total. The van der Waals surface area contributed by atoms with Crippen LogP contribution in [0.2, 0.25) is 0 Å². The van der Waals surface area contributed by atoms with E-state index in [0.29, 0.717) is 28.8 Å². The van der Waals surface area contributed by atoms with Crippen molar-refractivity contribution in [3.8, 4) is 16.9 Å². The van der Waals surface area contributed by atoms with Gasteiger partial charge in [0.1, 0.15) is 15.6 Å². The van der Waals surface area contributed by atoms with Crippen LogP contribution < -0.4 is 15.8 Å². The SMILES string of the molecule is CS(=O)(=O)CCNCCn1c(=O)oc2ccc(-c3ccc(OC(F)(F)F)cc3)cc21. The normalized spacial score (nSPS) is 12.4. The maximum Gasteiger partial charge on any atom is 0.573 e. The van der Waals surface area contributed by atoms with Gasteiger partial charge in [-0.15, -0.1) is 13.2 Å². The second-order valence-electron chi connectivity index (χ2n) is 6.65. The van der Waals surface area contributed by atoms with Gasteiger partial charge in [-0.1, -0.05) is 18.2 Å². The fourth-order valence-electron chi connectivity index (χ4n) is 2.88. The number of oxazole rings is 1. The van der Waals surface area contributed by atoms with Crippen LogP contribution in [0.25, 0.3) is 22.2 Å². The molecule has 0 saturated carbocycles. The molecule has 1 aromatic heterocycles. The average Bonchev–Trinajstić information content (AvgIpc) is 2.94. The Morgan fingerprint density at radius 2 is 1.73 bits per heavy atom. The summed E-state index contributed by atoms with van der Waals surface area (Å²) in [6, 6.07) is 10.4. The molecule has 0 radical (unpaired) electrons. The van der Waals surface area contributed by atoms with E-state index in [4.69, 9.17) is 4.42 Å². The summed E-state index contributed by atoms with van der Waals surface area (Å²) in [7, 11) is -3.07. The smallest absolute Gasteiger partial charge is 0.408 e. The molecule has 162 valence electrons. The lowest BCUT2D eigenvalue weighted by Crippen LogP contribution is -2.28. The van der Waals surface area contributed by atoms with E-state index in [1.165, 1.54) is 28.8 Å². The molecule has 0 aliphatic carbocycles. The van der Waals surface area contributed by atoms with E-state index in [-0.39, 0.29) is 24.6 Å². The zero-order chi connectivity index (χ0) is 21.9. The third-order valence-electron chi connectivity index (χ3n) is 4.25. The number of benzene rings is 2. The van der Waals surface area contributed by atoms with E-state index >= 15 is 0 Å². The number of hydrogen-bond acceptors (Lipinski definition) is 6. The molecular weight excluding hydrogens is 425 g/mol. The van der Waals surface area contributed by atoms with E-state index in [9.17, 15) is 26.4 Å². The predicted octanol–water partition coefficient (Wildman–Crippen LogP) is 2.79. The Morgan fingerprint density at radius 3 is 2.37 bits per heavy atom. The Kier molecular flexibility index (Phi) is 6.22. The monoisotopic (exact) mass is 444 g/mol. The Hall–Kier alpha value is -2.79. The number of nitrogens with one attached hydrogen (secondary N) is 1. The molecule has 3 aromatic rings. The number of alkyl halides is 3. The first-order valence-corrected chi connectivity index (χ1v) is 11.0. The number of ether oxygens (including phenoxy) is 1. The first-order valence-electron chi connectivity index (χ1n) is 8.90. The highest BCUT2D eigenvalue weighted by Gasteiger charge is 2.30. The van der Waals surface area contributed by atoms with Gasteiger partial charge in [-0.25, -0.2) is 13.2 Å². The summed E-state index contributed by atoms with van der Waals surface area (Å²) in [5.41, 5.74) is 2.22. The molecule has 2 aromatic carbocycles. The van der Waals surface area contributed by atoms with Gasteiger partial charge in [-0.05, 0) is 35.4 Å². The number of aromatic nitrogens is 1. The maximum absolute atomic E-state index is 12.3. The highest BCUT2D eigenvalue weighted by atomic mass is 32.2. The molecule has 0 unspecified atom stereocenters. The average molecular weight is 444 g/mol. The summed E-state index contributed by atoms with van der Waals surface area (Å²) < 4.78 is 69.7. The van der Waals surface area contributed by atoms with E-state index in [0.717, 1.165) is 6.26 Å². The Balaban J connectivity index is 1.77. The number of sulfone groups is 1. The maximum atomic E-state index is 12.3. The van der Waals surface area contributed by atoms with Crippen LogP contribution in [0.5, 0.6) is 5.75 Å². The van der Waals surface area contributed by atoms with Crippen molar-refractivity contribution in [3.63, 3.8) is 0 Å². The largest absolute Gasteiger partial charge is 0.573 e. The minimum atomic E-state index is -4.76. The predicted molar refractivity (Wildman–Crippen MR) is 105 cm³/mol. The van der Waals surface area contributed by atoms with Crippen LogP contribution in [0.3, 0.4) is 0 Å². The topological polar surface area (TPSA) is 90.5 Å². The molecular formula is C19H19F3N2O5S. The molecule has 1 heterocycles. The van der Waals surface area contributed by atoms with E-state index in [2.05, 4.69) is 10.1 Å². The number of fused-ring (bicyclic) bond motifs is 1. The van der Waals surface area contributed by atoms with E-state index in [1.54, 1.807) is 18.2 Å². The molecule has 0 aliphatic rings. The quantitative estimate of drug-likeness (QED) is 0.538. The van der Waals surface area contributed by atoms with Crippen LogP contribution in [0.15, 0.2) is 51.7 Å². The second kappa shape index (κ2) is 8.52. The lowest BCUT2D eigenvalue weighted by molar-refractivity contribution is -0.274. The van der Waals surface area contributed by atoms with Gasteiger partial charge in [-0.3, -0.25) is 4.57 Å². The van der Waals surface area contributed by atoms with Crippen molar-refractivity contribution in [1.82, 2.24) is 9.88 Å². The molecule has 3 rings (SSSR count). The van der Waals surface area contributed by atoms with Crippen LogP contribution in [-0.4, -0.2) is 44.4 Å². The lowest BCUT2D eigenvalue weighted by atomic mass is 10.1. The zero-order valence-electron chi connectivity index (χ0n) is 15.9. The van der Waals surface area contributed by atoms with Gasteiger partial charge >= 0.3 is 12.1 Å². The third-order valence-corrected chi connectivity index (χ3v) is 5.20. The second-order valence-corrected chi connectivity index (χ2v) is 8.91. The van der Waals surface area contributed by atoms with E-state index in [1.807, 2.05) is 0 Å².